The molecule has 0 radical (unpaired) electrons. The molecule has 0 aliphatic rings. The first-order valence-corrected chi connectivity index (χ1v) is 5.64. The topological polar surface area (TPSA) is 41.5 Å². The highest BCUT2D eigenvalue weighted by molar-refractivity contribution is 5.36. The van der Waals surface area contributed by atoms with Crippen molar-refractivity contribution >= 4 is 0 Å². The van der Waals surface area contributed by atoms with E-state index in [0.29, 0.717) is 6.54 Å². The van der Waals surface area contributed by atoms with E-state index in [1.165, 1.54) is 5.56 Å². The smallest absolute Gasteiger partial charge is 0.147 e. The highest BCUT2D eigenvalue weighted by Gasteiger charge is 2.06. The fraction of sp³-hybridized carbons (Fsp3) is 0.538. The van der Waals surface area contributed by atoms with E-state index in [1.807, 2.05) is 32.9 Å². The monoisotopic (exact) mass is 223 g/mol. The molecule has 1 aromatic rings. The van der Waals surface area contributed by atoms with Gasteiger partial charge in [-0.05, 0) is 44.9 Å². The number of aliphatic hydroxyl groups excluding tert-OH is 1. The van der Waals surface area contributed by atoms with Crippen molar-refractivity contribution in [2.24, 2.45) is 0 Å². The maximum Gasteiger partial charge on any atom is 0.147 e. The molecule has 0 aliphatic carbocycles. The van der Waals surface area contributed by atoms with Gasteiger partial charge in [0.1, 0.15) is 12.0 Å². The summed E-state index contributed by atoms with van der Waals surface area (Å²) < 4.78 is 5.75. The molecule has 3 nitrogen and oxygen atoms in total. The Bertz CT molecular complexity index is 337. The van der Waals surface area contributed by atoms with E-state index in [4.69, 9.17) is 9.84 Å². The van der Waals surface area contributed by atoms with Crippen LogP contribution >= 0.6 is 0 Å². The number of aliphatic hydroxyl groups is 1. The van der Waals surface area contributed by atoms with Crippen LogP contribution in [0.1, 0.15) is 25.0 Å². The number of rotatable bonds is 5. The summed E-state index contributed by atoms with van der Waals surface area (Å²) in [5.41, 5.74) is 2.31. The average Bonchev–Trinajstić information content (AvgIpc) is 2.20. The van der Waals surface area contributed by atoms with Gasteiger partial charge < -0.3 is 9.84 Å². The van der Waals surface area contributed by atoms with Gasteiger partial charge in [-0.2, -0.15) is 0 Å². The maximum atomic E-state index is 9.15. The Kier molecular flexibility index (Phi) is 4.77. The van der Waals surface area contributed by atoms with E-state index in [-0.39, 0.29) is 12.3 Å². The van der Waals surface area contributed by atoms with E-state index in [2.05, 4.69) is 11.4 Å². The van der Waals surface area contributed by atoms with Crippen LogP contribution in [-0.4, -0.2) is 24.0 Å². The summed E-state index contributed by atoms with van der Waals surface area (Å²) in [6, 6.07) is 6.14. The van der Waals surface area contributed by atoms with E-state index < -0.39 is 0 Å². The zero-order valence-corrected chi connectivity index (χ0v) is 10.4. The lowest BCUT2D eigenvalue weighted by atomic mass is 10.1. The molecule has 0 fully saturated rings. The Labute approximate surface area is 97.4 Å². The largest absolute Gasteiger partial charge is 0.475 e. The van der Waals surface area contributed by atoms with Crippen LogP contribution in [0.25, 0.3) is 0 Å². The van der Waals surface area contributed by atoms with Crippen LogP contribution in [0.2, 0.25) is 0 Å². The second kappa shape index (κ2) is 5.87. The lowest BCUT2D eigenvalue weighted by Gasteiger charge is -2.18. The Morgan fingerprint density at radius 1 is 1.31 bits per heavy atom. The van der Waals surface area contributed by atoms with E-state index in [0.717, 1.165) is 11.3 Å². The summed E-state index contributed by atoms with van der Waals surface area (Å²) in [6.45, 7) is 8.28. The number of ether oxygens (including phenoxy) is 1. The van der Waals surface area contributed by atoms with Crippen molar-refractivity contribution in [3.05, 3.63) is 29.3 Å². The van der Waals surface area contributed by atoms with E-state index in [9.17, 15) is 0 Å². The van der Waals surface area contributed by atoms with Crippen LogP contribution in [0.4, 0.5) is 0 Å². The van der Waals surface area contributed by atoms with E-state index in [1.54, 1.807) is 6.92 Å². The van der Waals surface area contributed by atoms with Crippen LogP contribution in [0.3, 0.4) is 0 Å². The van der Waals surface area contributed by atoms with Crippen molar-refractivity contribution < 1.29 is 9.84 Å². The van der Waals surface area contributed by atoms with Crippen LogP contribution < -0.4 is 10.1 Å². The molecule has 2 atom stereocenters. The van der Waals surface area contributed by atoms with Gasteiger partial charge in [-0.1, -0.05) is 12.1 Å². The molecular weight excluding hydrogens is 202 g/mol. The van der Waals surface area contributed by atoms with Crippen molar-refractivity contribution in [2.75, 3.05) is 6.54 Å². The molecule has 2 unspecified atom stereocenters. The van der Waals surface area contributed by atoms with Crippen LogP contribution in [-0.2, 0) is 0 Å². The highest BCUT2D eigenvalue weighted by Crippen LogP contribution is 2.19. The minimum Gasteiger partial charge on any atom is -0.475 e. The van der Waals surface area contributed by atoms with Gasteiger partial charge in [0.05, 0.1) is 6.10 Å². The summed E-state index contributed by atoms with van der Waals surface area (Å²) in [5, 5.41) is 12.3. The van der Waals surface area contributed by atoms with Crippen molar-refractivity contribution in [2.45, 2.75) is 40.0 Å². The molecule has 0 aromatic heterocycles. The fourth-order valence-corrected chi connectivity index (χ4v) is 1.40. The first kappa shape index (κ1) is 13.0. The minimum absolute atomic E-state index is 0.102. The Morgan fingerprint density at radius 3 is 2.62 bits per heavy atom. The quantitative estimate of drug-likeness (QED) is 0.750. The molecule has 0 heterocycles. The van der Waals surface area contributed by atoms with Gasteiger partial charge >= 0.3 is 0 Å². The lowest BCUT2D eigenvalue weighted by molar-refractivity contribution is 0.136. The lowest BCUT2D eigenvalue weighted by Crippen LogP contribution is -2.36. The normalized spacial score (nSPS) is 14.6. The summed E-state index contributed by atoms with van der Waals surface area (Å²) >= 11 is 0. The SMILES string of the molecule is Cc1ccc(C)c(OC(C)NCC(C)O)c1. The second-order valence-corrected chi connectivity index (χ2v) is 4.29. The predicted molar refractivity (Wildman–Crippen MR) is 65.7 cm³/mol. The third-order valence-electron chi connectivity index (χ3n) is 2.35. The second-order valence-electron chi connectivity index (χ2n) is 4.29. The van der Waals surface area contributed by atoms with Crippen molar-refractivity contribution in [1.82, 2.24) is 5.32 Å². The average molecular weight is 223 g/mol. The molecule has 0 aliphatic heterocycles. The van der Waals surface area contributed by atoms with Gasteiger partial charge in [-0.25, -0.2) is 0 Å². The summed E-state index contributed by atoms with van der Waals surface area (Å²) in [4.78, 5) is 0. The zero-order chi connectivity index (χ0) is 12.1. The zero-order valence-electron chi connectivity index (χ0n) is 10.4. The summed E-state index contributed by atoms with van der Waals surface area (Å²) in [5.74, 6) is 0.894. The van der Waals surface area contributed by atoms with Crippen molar-refractivity contribution in [1.29, 1.82) is 0 Å². The van der Waals surface area contributed by atoms with Crippen LogP contribution in [0.5, 0.6) is 5.75 Å². The van der Waals surface area contributed by atoms with Crippen LogP contribution in [0, 0.1) is 13.8 Å². The first-order chi connectivity index (χ1) is 7.49. The number of hydrogen-bond acceptors (Lipinski definition) is 3. The highest BCUT2D eigenvalue weighted by atomic mass is 16.5. The van der Waals surface area contributed by atoms with Gasteiger partial charge in [0.15, 0.2) is 0 Å². The molecular formula is C13H21NO2. The first-order valence-electron chi connectivity index (χ1n) is 5.64. The molecule has 3 heteroatoms. The number of benzene rings is 1. The Balaban J connectivity index is 2.55. The van der Waals surface area contributed by atoms with Gasteiger partial charge in [0.25, 0.3) is 0 Å². The van der Waals surface area contributed by atoms with Gasteiger partial charge in [0.2, 0.25) is 0 Å². The third kappa shape index (κ3) is 4.21. The third-order valence-corrected chi connectivity index (χ3v) is 2.35. The number of hydrogen-bond donors (Lipinski definition) is 2. The van der Waals surface area contributed by atoms with Gasteiger partial charge in [0, 0.05) is 6.54 Å². The molecule has 0 saturated heterocycles. The summed E-state index contributed by atoms with van der Waals surface area (Å²) in [7, 11) is 0. The van der Waals surface area contributed by atoms with Crippen molar-refractivity contribution in [3.8, 4) is 5.75 Å². The van der Waals surface area contributed by atoms with E-state index >= 15 is 0 Å². The standard InChI is InChI=1S/C13H21NO2/c1-9-5-6-10(2)13(7-9)16-12(4)14-8-11(3)15/h5-7,11-12,14-15H,8H2,1-4H3. The maximum absolute atomic E-state index is 9.15. The predicted octanol–water partition coefficient (Wildman–Crippen LogP) is 2.00. The fourth-order valence-electron chi connectivity index (χ4n) is 1.40. The molecule has 2 N–H and O–H groups in total. The molecule has 1 aromatic carbocycles. The molecule has 90 valence electrons. The Hall–Kier alpha value is -1.06. The van der Waals surface area contributed by atoms with Gasteiger partial charge in [-0.15, -0.1) is 0 Å². The molecule has 0 bridgehead atoms. The molecule has 1 rings (SSSR count). The molecule has 0 amide bonds. The Morgan fingerprint density at radius 2 is 2.00 bits per heavy atom. The van der Waals surface area contributed by atoms with Crippen LogP contribution in [0.15, 0.2) is 18.2 Å². The minimum atomic E-state index is -0.357. The summed E-state index contributed by atoms with van der Waals surface area (Å²) in [6.07, 6.45) is -0.459. The number of nitrogens with one attached hydrogen (secondary N) is 1. The molecule has 0 spiro atoms. The molecule has 16 heavy (non-hydrogen) atoms. The molecule has 0 saturated carbocycles. The number of aryl methyl sites for hydroxylation is 2. The van der Waals surface area contributed by atoms with Gasteiger partial charge in [-0.3, -0.25) is 5.32 Å². The van der Waals surface area contributed by atoms with Crippen molar-refractivity contribution in [3.63, 3.8) is 0 Å².